The fraction of sp³-hybridized carbons (Fsp3) is 0.757. The zero-order valence-corrected chi connectivity index (χ0v) is 31.1. The van der Waals surface area contributed by atoms with Crippen molar-refractivity contribution in [1.29, 1.82) is 0 Å². The maximum atomic E-state index is 12.2. The first-order valence-corrected chi connectivity index (χ1v) is 20.0. The van der Waals surface area contributed by atoms with Gasteiger partial charge >= 0.3 is 19.8 Å². The molecule has 0 heterocycles. The minimum Gasteiger partial charge on any atom is -0.480 e. The molecule has 3 unspecified atom stereocenters. The van der Waals surface area contributed by atoms with E-state index in [1.807, 2.05) is 0 Å². The number of phosphoric acid groups is 1. The van der Waals surface area contributed by atoms with Crippen molar-refractivity contribution in [2.24, 2.45) is 0 Å². The summed E-state index contributed by atoms with van der Waals surface area (Å²) in [5, 5.41) is 21.6. The van der Waals surface area contributed by atoms with E-state index in [0.29, 0.717) is 12.8 Å². The second-order valence-electron chi connectivity index (χ2n) is 12.4. The number of carbonyl (C=O) groups excluding carboxylic acids is 2. The van der Waals surface area contributed by atoms with Crippen LogP contribution in [0.3, 0.4) is 0 Å². The normalized spacial score (nSPS) is 14.4. The Morgan fingerprint density at radius 3 is 1.71 bits per heavy atom. The quantitative estimate of drug-likeness (QED) is 0.0219. The average molecular weight is 716 g/mol. The van der Waals surface area contributed by atoms with Crippen LogP contribution in [0.5, 0.6) is 0 Å². The Labute approximate surface area is 295 Å². The first-order valence-electron chi connectivity index (χ1n) is 18.5. The molecule has 0 bridgehead atoms. The van der Waals surface area contributed by atoms with Gasteiger partial charge in [0.2, 0.25) is 5.91 Å². The first-order chi connectivity index (χ1) is 23.6. The maximum absolute atomic E-state index is 12.2. The Hall–Kier alpha value is -2.30. The summed E-state index contributed by atoms with van der Waals surface area (Å²) in [5.41, 5.74) is 0. The zero-order chi connectivity index (χ0) is 36.4. The molecule has 0 spiro atoms. The number of unbranched alkanes of at least 4 members (excludes halogenated alkanes) is 14. The predicted octanol–water partition coefficient (Wildman–Crippen LogP) is 8.49. The molecule has 0 aliphatic heterocycles. The van der Waals surface area contributed by atoms with Crippen LogP contribution in [-0.4, -0.2) is 64.9 Å². The van der Waals surface area contributed by atoms with Gasteiger partial charge in [-0.05, 0) is 51.4 Å². The molecule has 11 nitrogen and oxygen atoms in total. The van der Waals surface area contributed by atoms with E-state index in [2.05, 4.69) is 55.6 Å². The molecule has 0 fully saturated rings. The number of carboxylic acids is 1. The molecular weight excluding hydrogens is 649 g/mol. The number of rotatable bonds is 34. The lowest BCUT2D eigenvalue weighted by Crippen LogP contribution is -2.43. The number of esters is 1. The van der Waals surface area contributed by atoms with Crippen LogP contribution in [0, 0.1) is 0 Å². The summed E-state index contributed by atoms with van der Waals surface area (Å²) >= 11 is 0. The number of carboxylic acid groups (broad SMARTS) is 1. The highest BCUT2D eigenvalue weighted by Crippen LogP contribution is 2.43. The number of aliphatic hydroxyl groups is 1. The molecule has 12 heteroatoms. The van der Waals surface area contributed by atoms with E-state index in [1.54, 1.807) is 0 Å². The van der Waals surface area contributed by atoms with Crippen molar-refractivity contribution in [3.8, 4) is 0 Å². The largest absolute Gasteiger partial charge is 0.480 e. The number of ether oxygens (including phenoxy) is 1. The number of aliphatic hydroxyl groups excluding tert-OH is 1. The number of carbonyl (C=O) groups is 3. The fourth-order valence-corrected chi connectivity index (χ4v) is 5.50. The number of phosphoric ester groups is 1. The summed E-state index contributed by atoms with van der Waals surface area (Å²) < 4.78 is 26.5. The average Bonchev–Trinajstić information content (AvgIpc) is 3.07. The summed E-state index contributed by atoms with van der Waals surface area (Å²) in [4.78, 5) is 45.5. The van der Waals surface area contributed by atoms with Gasteiger partial charge in [-0.25, -0.2) is 9.36 Å². The van der Waals surface area contributed by atoms with E-state index in [9.17, 15) is 34.1 Å². The van der Waals surface area contributed by atoms with Gasteiger partial charge in [0, 0.05) is 12.8 Å². The molecule has 0 radical (unpaired) electrons. The predicted molar refractivity (Wildman–Crippen MR) is 194 cm³/mol. The van der Waals surface area contributed by atoms with Crippen LogP contribution < -0.4 is 5.32 Å². The zero-order valence-electron chi connectivity index (χ0n) is 30.2. The Morgan fingerprint density at radius 2 is 1.12 bits per heavy atom. The fourth-order valence-electron chi connectivity index (χ4n) is 4.73. The van der Waals surface area contributed by atoms with E-state index >= 15 is 0 Å². The molecule has 49 heavy (non-hydrogen) atoms. The Balaban J connectivity index is 3.99. The number of hydrogen-bond acceptors (Lipinski definition) is 8. The standard InChI is InChI=1S/C37H66NO10P/c1-3-5-7-9-11-12-13-14-15-16-17-18-19-20-21-22-23-24-26-28-35(40)38-34(37(42)43)32-48-49(44,45)47-31-33(39)30-46-36(41)29-27-25-10-8-6-4-2/h11-12,14-15,17-18,33-34,39H,3-10,13,16,19-32H2,1-2H3,(H,38,40)(H,42,43)(H,44,45)/b12-11-,15-14-,18-17-. The number of nitrogens with one attached hydrogen (secondary N) is 1. The van der Waals surface area contributed by atoms with Crippen LogP contribution in [-0.2, 0) is 32.7 Å². The molecule has 4 N–H and O–H groups in total. The lowest BCUT2D eigenvalue weighted by Gasteiger charge is -2.18. The van der Waals surface area contributed by atoms with Crippen molar-refractivity contribution in [3.63, 3.8) is 0 Å². The molecule has 1 amide bonds. The molecule has 0 rings (SSSR count). The molecule has 0 aliphatic carbocycles. The molecule has 0 saturated carbocycles. The van der Waals surface area contributed by atoms with Crippen LogP contribution in [0.25, 0.3) is 0 Å². The van der Waals surface area contributed by atoms with Crippen LogP contribution in [0.1, 0.15) is 149 Å². The van der Waals surface area contributed by atoms with Crippen molar-refractivity contribution < 1.29 is 47.8 Å². The summed E-state index contributed by atoms with van der Waals surface area (Å²) in [5.74, 6) is -2.40. The van der Waals surface area contributed by atoms with Gasteiger partial charge in [0.15, 0.2) is 6.04 Å². The molecule has 284 valence electrons. The second kappa shape index (κ2) is 32.9. The van der Waals surface area contributed by atoms with Gasteiger partial charge in [-0.15, -0.1) is 0 Å². The second-order valence-corrected chi connectivity index (χ2v) is 13.9. The monoisotopic (exact) mass is 715 g/mol. The summed E-state index contributed by atoms with van der Waals surface area (Å²) in [7, 11) is -4.74. The van der Waals surface area contributed by atoms with Crippen LogP contribution >= 0.6 is 7.82 Å². The van der Waals surface area contributed by atoms with Gasteiger partial charge in [-0.2, -0.15) is 0 Å². The van der Waals surface area contributed by atoms with Crippen molar-refractivity contribution >= 4 is 25.7 Å². The third-order valence-electron chi connectivity index (χ3n) is 7.68. The first kappa shape index (κ1) is 46.7. The highest BCUT2D eigenvalue weighted by molar-refractivity contribution is 7.47. The molecule has 0 aromatic rings. The third kappa shape index (κ3) is 32.7. The molecule has 0 aromatic carbocycles. The van der Waals surface area contributed by atoms with Gasteiger partial charge in [0.05, 0.1) is 13.2 Å². The molecule has 3 atom stereocenters. The van der Waals surface area contributed by atoms with E-state index in [-0.39, 0.29) is 12.8 Å². The molecule has 0 saturated heterocycles. The Bertz CT molecular complexity index is 984. The van der Waals surface area contributed by atoms with Gasteiger partial charge < -0.3 is 25.2 Å². The van der Waals surface area contributed by atoms with Crippen LogP contribution in [0.2, 0.25) is 0 Å². The van der Waals surface area contributed by atoms with Crippen LogP contribution in [0.15, 0.2) is 36.5 Å². The topological polar surface area (TPSA) is 169 Å². The lowest BCUT2D eigenvalue weighted by atomic mass is 10.1. The number of allylic oxidation sites excluding steroid dienone is 6. The van der Waals surface area contributed by atoms with Gasteiger partial charge in [0.1, 0.15) is 12.7 Å². The van der Waals surface area contributed by atoms with Crippen LogP contribution in [0.4, 0.5) is 0 Å². The SMILES string of the molecule is CCCCC/C=C\C/C=C\C/C=C\CCCCCCCCC(=O)NC(COP(=O)(O)OCC(O)COC(=O)CCCCCCCC)C(=O)O. The number of hydrogen-bond donors (Lipinski definition) is 4. The van der Waals surface area contributed by atoms with E-state index in [0.717, 1.165) is 83.5 Å². The molecule has 0 aliphatic rings. The number of amides is 1. The minimum absolute atomic E-state index is 0.131. The maximum Gasteiger partial charge on any atom is 0.472 e. The van der Waals surface area contributed by atoms with Crippen molar-refractivity contribution in [3.05, 3.63) is 36.5 Å². The van der Waals surface area contributed by atoms with Gasteiger partial charge in [-0.1, -0.05) is 121 Å². The molecule has 0 aromatic heterocycles. The highest BCUT2D eigenvalue weighted by Gasteiger charge is 2.28. The van der Waals surface area contributed by atoms with E-state index in [4.69, 9.17) is 13.8 Å². The van der Waals surface area contributed by atoms with Crippen molar-refractivity contribution in [2.75, 3.05) is 19.8 Å². The number of aliphatic carboxylic acids is 1. The summed E-state index contributed by atoms with van der Waals surface area (Å²) in [6, 6.07) is -1.55. The van der Waals surface area contributed by atoms with Crippen molar-refractivity contribution in [2.45, 2.75) is 161 Å². The van der Waals surface area contributed by atoms with Crippen molar-refractivity contribution in [1.82, 2.24) is 5.32 Å². The Kier molecular flexibility index (Phi) is 31.3. The summed E-state index contributed by atoms with van der Waals surface area (Å²) in [6.07, 6.45) is 32.1. The smallest absolute Gasteiger partial charge is 0.472 e. The van der Waals surface area contributed by atoms with E-state index < -0.39 is 57.6 Å². The molecular formula is C37H66NO10P. The minimum atomic E-state index is -4.74. The summed E-state index contributed by atoms with van der Waals surface area (Å²) in [6.45, 7) is 2.45. The van der Waals surface area contributed by atoms with Gasteiger partial charge in [0.25, 0.3) is 0 Å². The lowest BCUT2D eigenvalue weighted by molar-refractivity contribution is -0.147. The third-order valence-corrected chi connectivity index (χ3v) is 8.63. The Morgan fingerprint density at radius 1 is 0.653 bits per heavy atom. The highest BCUT2D eigenvalue weighted by atomic mass is 31.2. The van der Waals surface area contributed by atoms with E-state index in [1.165, 1.54) is 25.7 Å². The van der Waals surface area contributed by atoms with Gasteiger partial charge in [-0.3, -0.25) is 18.6 Å².